The van der Waals surface area contributed by atoms with Crippen molar-refractivity contribution in [1.82, 2.24) is 9.78 Å². The van der Waals surface area contributed by atoms with Crippen molar-refractivity contribution in [3.63, 3.8) is 0 Å². The van der Waals surface area contributed by atoms with Crippen LogP contribution in [0.3, 0.4) is 0 Å². The SMILES string of the molecule is Cc1nn(C)c(C)c1Cc1ccc(NC(=O)c2ccc3ccccc3c2)cc1. The van der Waals surface area contributed by atoms with Crippen LogP contribution in [0.4, 0.5) is 5.69 Å². The van der Waals surface area contributed by atoms with Crippen molar-refractivity contribution in [3.8, 4) is 0 Å². The summed E-state index contributed by atoms with van der Waals surface area (Å²) >= 11 is 0. The average molecular weight is 369 g/mol. The number of amides is 1. The van der Waals surface area contributed by atoms with Crippen LogP contribution in [0.1, 0.15) is 32.9 Å². The molecule has 4 rings (SSSR count). The highest BCUT2D eigenvalue weighted by molar-refractivity contribution is 6.06. The van der Waals surface area contributed by atoms with Gasteiger partial charge in [0.05, 0.1) is 5.69 Å². The van der Waals surface area contributed by atoms with Gasteiger partial charge in [-0.1, -0.05) is 42.5 Å². The zero-order chi connectivity index (χ0) is 19.7. The molecule has 0 aliphatic rings. The Morgan fingerprint density at radius 2 is 1.68 bits per heavy atom. The number of fused-ring (bicyclic) bond motifs is 1. The van der Waals surface area contributed by atoms with Crippen LogP contribution < -0.4 is 5.32 Å². The lowest BCUT2D eigenvalue weighted by Gasteiger charge is -2.08. The summed E-state index contributed by atoms with van der Waals surface area (Å²) < 4.78 is 1.92. The highest BCUT2D eigenvalue weighted by Gasteiger charge is 2.11. The maximum atomic E-state index is 12.6. The molecular formula is C24H23N3O. The minimum atomic E-state index is -0.0996. The van der Waals surface area contributed by atoms with Crippen molar-refractivity contribution >= 4 is 22.4 Å². The third-order valence-corrected chi connectivity index (χ3v) is 5.26. The average Bonchev–Trinajstić information content (AvgIpc) is 2.95. The molecular weight excluding hydrogens is 346 g/mol. The molecule has 0 atom stereocenters. The summed E-state index contributed by atoms with van der Waals surface area (Å²) in [6, 6.07) is 21.8. The van der Waals surface area contributed by atoms with Crippen molar-refractivity contribution in [1.29, 1.82) is 0 Å². The molecule has 0 radical (unpaired) electrons. The summed E-state index contributed by atoms with van der Waals surface area (Å²) in [7, 11) is 1.97. The number of aryl methyl sites for hydroxylation is 2. The first kappa shape index (κ1) is 18.0. The summed E-state index contributed by atoms with van der Waals surface area (Å²) in [6.07, 6.45) is 0.838. The highest BCUT2D eigenvalue weighted by Crippen LogP contribution is 2.20. The van der Waals surface area contributed by atoms with Crippen molar-refractivity contribution in [2.45, 2.75) is 20.3 Å². The van der Waals surface area contributed by atoms with E-state index >= 15 is 0 Å². The first-order valence-corrected chi connectivity index (χ1v) is 9.39. The van der Waals surface area contributed by atoms with E-state index in [1.165, 1.54) is 16.8 Å². The van der Waals surface area contributed by atoms with Gasteiger partial charge < -0.3 is 5.32 Å². The number of carbonyl (C=O) groups is 1. The van der Waals surface area contributed by atoms with Gasteiger partial charge in [-0.05, 0) is 54.4 Å². The maximum absolute atomic E-state index is 12.6. The normalized spacial score (nSPS) is 11.0. The smallest absolute Gasteiger partial charge is 0.255 e. The molecule has 4 aromatic rings. The first-order valence-electron chi connectivity index (χ1n) is 9.39. The molecule has 0 saturated carbocycles. The predicted molar refractivity (Wildman–Crippen MR) is 114 cm³/mol. The van der Waals surface area contributed by atoms with Crippen LogP contribution in [0, 0.1) is 13.8 Å². The summed E-state index contributed by atoms with van der Waals surface area (Å²) in [5.41, 5.74) is 6.16. The Kier molecular flexibility index (Phi) is 4.70. The van der Waals surface area contributed by atoms with Gasteiger partial charge in [0.1, 0.15) is 0 Å². The van der Waals surface area contributed by atoms with Crippen LogP contribution in [0.25, 0.3) is 10.8 Å². The van der Waals surface area contributed by atoms with Crippen LogP contribution >= 0.6 is 0 Å². The zero-order valence-corrected chi connectivity index (χ0v) is 16.4. The van der Waals surface area contributed by atoms with Crippen LogP contribution in [-0.4, -0.2) is 15.7 Å². The monoisotopic (exact) mass is 369 g/mol. The fourth-order valence-corrected chi connectivity index (χ4v) is 3.52. The van der Waals surface area contributed by atoms with Crippen molar-refractivity contribution in [3.05, 3.63) is 94.8 Å². The molecule has 0 saturated heterocycles. The second kappa shape index (κ2) is 7.31. The fraction of sp³-hybridized carbons (Fsp3) is 0.167. The maximum Gasteiger partial charge on any atom is 0.255 e. The lowest BCUT2D eigenvalue weighted by molar-refractivity contribution is 0.102. The number of hydrogen-bond acceptors (Lipinski definition) is 2. The molecule has 0 spiro atoms. The summed E-state index contributed by atoms with van der Waals surface area (Å²) in [6.45, 7) is 4.13. The Balaban J connectivity index is 1.48. The number of aromatic nitrogens is 2. The highest BCUT2D eigenvalue weighted by atomic mass is 16.1. The number of nitrogens with zero attached hydrogens (tertiary/aromatic N) is 2. The second-order valence-electron chi connectivity index (χ2n) is 7.16. The topological polar surface area (TPSA) is 46.9 Å². The van der Waals surface area contributed by atoms with Crippen molar-refractivity contribution in [2.24, 2.45) is 7.05 Å². The first-order chi connectivity index (χ1) is 13.5. The van der Waals surface area contributed by atoms with E-state index in [2.05, 4.69) is 29.5 Å². The molecule has 1 aromatic heterocycles. The molecule has 1 amide bonds. The number of anilines is 1. The van der Waals surface area contributed by atoms with Crippen LogP contribution in [-0.2, 0) is 13.5 Å². The third kappa shape index (κ3) is 3.54. The molecule has 3 aromatic carbocycles. The molecule has 0 unspecified atom stereocenters. The molecule has 1 heterocycles. The molecule has 4 nitrogen and oxygen atoms in total. The van der Waals surface area contributed by atoms with Crippen LogP contribution in [0.2, 0.25) is 0 Å². The van der Waals surface area contributed by atoms with E-state index < -0.39 is 0 Å². The largest absolute Gasteiger partial charge is 0.322 e. The Morgan fingerprint density at radius 3 is 2.36 bits per heavy atom. The number of hydrogen-bond donors (Lipinski definition) is 1. The minimum absolute atomic E-state index is 0.0996. The Bertz CT molecular complexity index is 1160. The van der Waals surface area contributed by atoms with E-state index in [1.807, 2.05) is 73.3 Å². The van der Waals surface area contributed by atoms with Crippen LogP contribution in [0.15, 0.2) is 66.7 Å². The quantitative estimate of drug-likeness (QED) is 0.548. The molecule has 1 N–H and O–H groups in total. The van der Waals surface area contributed by atoms with Gasteiger partial charge in [0.15, 0.2) is 0 Å². The second-order valence-corrected chi connectivity index (χ2v) is 7.16. The van der Waals surface area contributed by atoms with E-state index in [1.54, 1.807) is 0 Å². The van der Waals surface area contributed by atoms with Gasteiger partial charge in [-0.25, -0.2) is 0 Å². The van der Waals surface area contributed by atoms with Gasteiger partial charge in [-0.15, -0.1) is 0 Å². The molecule has 0 bridgehead atoms. The van der Waals surface area contributed by atoms with Gasteiger partial charge >= 0.3 is 0 Å². The van der Waals surface area contributed by atoms with Gasteiger partial charge in [0.2, 0.25) is 0 Å². The lowest BCUT2D eigenvalue weighted by Crippen LogP contribution is -2.11. The Morgan fingerprint density at radius 1 is 0.964 bits per heavy atom. The van der Waals surface area contributed by atoms with Gasteiger partial charge in [-0.2, -0.15) is 5.10 Å². The van der Waals surface area contributed by atoms with Gasteiger partial charge in [0.25, 0.3) is 5.91 Å². The number of nitrogens with one attached hydrogen (secondary N) is 1. The standard InChI is InChI=1S/C24H23N3O/c1-16-23(17(2)27(3)26-16)14-18-8-12-22(13-9-18)25-24(28)21-11-10-19-6-4-5-7-20(19)15-21/h4-13,15H,14H2,1-3H3,(H,25,28). The number of benzene rings is 3. The Labute approximate surface area is 164 Å². The lowest BCUT2D eigenvalue weighted by atomic mass is 10.0. The zero-order valence-electron chi connectivity index (χ0n) is 16.4. The third-order valence-electron chi connectivity index (χ3n) is 5.26. The van der Waals surface area contributed by atoms with E-state index in [9.17, 15) is 4.79 Å². The molecule has 28 heavy (non-hydrogen) atoms. The minimum Gasteiger partial charge on any atom is -0.322 e. The summed E-state index contributed by atoms with van der Waals surface area (Å²) in [5.74, 6) is -0.0996. The molecule has 140 valence electrons. The number of carbonyl (C=O) groups excluding carboxylic acids is 1. The van der Waals surface area contributed by atoms with Crippen molar-refractivity contribution < 1.29 is 4.79 Å². The molecule has 4 heteroatoms. The number of rotatable bonds is 4. The van der Waals surface area contributed by atoms with E-state index in [0.717, 1.165) is 28.6 Å². The Hall–Kier alpha value is -3.40. The molecule has 0 aliphatic carbocycles. The summed E-state index contributed by atoms with van der Waals surface area (Å²) in [5, 5.41) is 9.66. The summed E-state index contributed by atoms with van der Waals surface area (Å²) in [4.78, 5) is 12.6. The fourth-order valence-electron chi connectivity index (χ4n) is 3.52. The van der Waals surface area contributed by atoms with E-state index in [4.69, 9.17) is 0 Å². The molecule has 0 fully saturated rings. The van der Waals surface area contributed by atoms with Crippen LogP contribution in [0.5, 0.6) is 0 Å². The molecule has 0 aliphatic heterocycles. The van der Waals surface area contributed by atoms with E-state index in [0.29, 0.717) is 5.56 Å². The van der Waals surface area contributed by atoms with Crippen molar-refractivity contribution in [2.75, 3.05) is 5.32 Å². The van der Waals surface area contributed by atoms with Gasteiger partial charge in [-0.3, -0.25) is 9.48 Å². The predicted octanol–water partition coefficient (Wildman–Crippen LogP) is 5.03. The van der Waals surface area contributed by atoms with Gasteiger partial charge in [0, 0.05) is 36.0 Å². The van der Waals surface area contributed by atoms with E-state index in [-0.39, 0.29) is 5.91 Å².